The van der Waals surface area contributed by atoms with E-state index >= 15 is 0 Å². The summed E-state index contributed by atoms with van der Waals surface area (Å²) in [5.74, 6) is -0.910. The lowest BCUT2D eigenvalue weighted by Gasteiger charge is -1.92. The van der Waals surface area contributed by atoms with Crippen LogP contribution in [0.5, 0.6) is 0 Å². The normalized spacial score (nSPS) is 10.3. The van der Waals surface area contributed by atoms with Gasteiger partial charge < -0.3 is 5.11 Å². The molecule has 2 rings (SSSR count). The molecule has 0 aliphatic rings. The first kappa shape index (κ1) is 11.0. The number of halogens is 1. The molecule has 0 saturated heterocycles. The first-order valence-corrected chi connectivity index (χ1v) is 5.63. The Morgan fingerprint density at radius 2 is 2.12 bits per heavy atom. The summed E-state index contributed by atoms with van der Waals surface area (Å²) >= 11 is 7.15. The van der Waals surface area contributed by atoms with Crippen LogP contribution in [0.25, 0.3) is 10.6 Å². The number of carbonyl (C=O) groups is 1. The third-order valence-corrected chi connectivity index (χ3v) is 3.42. The van der Waals surface area contributed by atoms with Crippen molar-refractivity contribution < 1.29 is 9.90 Å². The van der Waals surface area contributed by atoms with Crippen LogP contribution in [-0.2, 0) is 11.2 Å². The molecule has 0 saturated carbocycles. The van der Waals surface area contributed by atoms with Gasteiger partial charge in [0.05, 0.1) is 11.3 Å². The molecule has 16 heavy (non-hydrogen) atoms. The van der Waals surface area contributed by atoms with Crippen LogP contribution in [0.1, 0.15) is 4.88 Å². The van der Waals surface area contributed by atoms with Crippen LogP contribution < -0.4 is 0 Å². The van der Waals surface area contributed by atoms with Gasteiger partial charge in [-0.3, -0.25) is 9.78 Å². The minimum absolute atomic E-state index is 0.0957. The third-order valence-electron chi connectivity index (χ3n) is 1.89. The molecule has 0 aromatic carbocycles. The van der Waals surface area contributed by atoms with Crippen LogP contribution in [0, 0.1) is 0 Å². The van der Waals surface area contributed by atoms with E-state index in [0.29, 0.717) is 9.88 Å². The van der Waals surface area contributed by atoms with Crippen molar-refractivity contribution in [1.82, 2.24) is 9.97 Å². The summed E-state index contributed by atoms with van der Waals surface area (Å²) in [4.78, 5) is 19.2. The van der Waals surface area contributed by atoms with Gasteiger partial charge in [-0.25, -0.2) is 4.98 Å². The second-order valence-corrected chi connectivity index (χ2v) is 4.48. The largest absolute Gasteiger partial charge is 0.481 e. The van der Waals surface area contributed by atoms with Crippen molar-refractivity contribution in [3.05, 3.63) is 34.6 Å². The number of hydrogen-bond donors (Lipinski definition) is 1. The zero-order chi connectivity index (χ0) is 11.5. The van der Waals surface area contributed by atoms with E-state index in [-0.39, 0.29) is 11.6 Å². The van der Waals surface area contributed by atoms with Crippen LogP contribution in [0.4, 0.5) is 0 Å². The number of rotatable bonds is 3. The van der Waals surface area contributed by atoms with E-state index in [4.69, 9.17) is 16.7 Å². The van der Waals surface area contributed by atoms with Crippen LogP contribution in [0.15, 0.2) is 24.5 Å². The summed E-state index contributed by atoms with van der Waals surface area (Å²) in [7, 11) is 0. The van der Waals surface area contributed by atoms with Gasteiger partial charge >= 0.3 is 5.97 Å². The van der Waals surface area contributed by atoms with Gasteiger partial charge in [-0.2, -0.15) is 0 Å². The average molecular weight is 255 g/mol. The fourth-order valence-corrected chi connectivity index (χ4v) is 2.46. The number of nitrogens with zero attached hydrogens (tertiary/aromatic N) is 2. The highest BCUT2D eigenvalue weighted by molar-refractivity contribution is 7.15. The maximum atomic E-state index is 10.6. The molecule has 2 aromatic rings. The molecule has 2 heterocycles. The van der Waals surface area contributed by atoms with Crippen LogP contribution in [0.2, 0.25) is 5.15 Å². The minimum atomic E-state index is -0.910. The molecule has 0 atom stereocenters. The summed E-state index contributed by atoms with van der Waals surface area (Å²) in [5.41, 5.74) is 0.888. The Kier molecular flexibility index (Phi) is 3.17. The average Bonchev–Trinajstić information content (AvgIpc) is 2.61. The molecular weight excluding hydrogens is 248 g/mol. The van der Waals surface area contributed by atoms with Gasteiger partial charge in [-0.1, -0.05) is 11.6 Å². The number of aliphatic carboxylic acids is 1. The van der Waals surface area contributed by atoms with Gasteiger partial charge in [-0.15, -0.1) is 11.3 Å². The topological polar surface area (TPSA) is 63.1 Å². The zero-order valence-electron chi connectivity index (χ0n) is 8.05. The van der Waals surface area contributed by atoms with Crippen LogP contribution >= 0.6 is 22.9 Å². The quantitative estimate of drug-likeness (QED) is 0.914. The van der Waals surface area contributed by atoms with Crippen molar-refractivity contribution in [1.29, 1.82) is 0 Å². The molecule has 0 radical (unpaired) electrons. The summed E-state index contributed by atoms with van der Waals surface area (Å²) in [5, 5.41) is 9.66. The SMILES string of the molecule is O=C(O)Cc1sc(-c2ccncc2)nc1Cl. The maximum Gasteiger partial charge on any atom is 0.308 e. The zero-order valence-corrected chi connectivity index (χ0v) is 9.63. The molecule has 6 heteroatoms. The first-order chi connectivity index (χ1) is 7.66. The number of carboxylic acid groups (broad SMARTS) is 1. The van der Waals surface area contributed by atoms with E-state index in [2.05, 4.69) is 9.97 Å². The smallest absolute Gasteiger partial charge is 0.308 e. The van der Waals surface area contributed by atoms with Crippen LogP contribution in [-0.4, -0.2) is 21.0 Å². The Hall–Kier alpha value is -1.46. The number of thiazole rings is 1. The Bertz CT molecular complexity index is 513. The monoisotopic (exact) mass is 254 g/mol. The van der Waals surface area contributed by atoms with E-state index in [1.807, 2.05) is 0 Å². The van der Waals surface area contributed by atoms with Crippen molar-refractivity contribution >= 4 is 28.9 Å². The number of pyridine rings is 1. The fraction of sp³-hybridized carbons (Fsp3) is 0.100. The standard InChI is InChI=1S/C10H7ClN2O2S/c11-9-7(5-8(14)15)16-10(13-9)6-1-3-12-4-2-6/h1-4H,5H2,(H,14,15). The third kappa shape index (κ3) is 2.37. The fourth-order valence-electron chi connectivity index (χ4n) is 1.20. The van der Waals surface area contributed by atoms with Crippen molar-refractivity contribution in [2.24, 2.45) is 0 Å². The lowest BCUT2D eigenvalue weighted by atomic mass is 10.3. The highest BCUT2D eigenvalue weighted by atomic mass is 35.5. The lowest BCUT2D eigenvalue weighted by Crippen LogP contribution is -1.97. The second kappa shape index (κ2) is 4.59. The highest BCUT2D eigenvalue weighted by Crippen LogP contribution is 2.30. The number of carboxylic acids is 1. The first-order valence-electron chi connectivity index (χ1n) is 4.44. The predicted octanol–water partition coefficient (Wildman–Crippen LogP) is 2.49. The summed E-state index contributed by atoms with van der Waals surface area (Å²) in [6.07, 6.45) is 3.21. The number of hydrogen-bond acceptors (Lipinski definition) is 4. The molecule has 1 N–H and O–H groups in total. The van der Waals surface area contributed by atoms with Gasteiger partial charge in [-0.05, 0) is 12.1 Å². The van der Waals surface area contributed by atoms with E-state index in [1.54, 1.807) is 24.5 Å². The summed E-state index contributed by atoms with van der Waals surface area (Å²) in [6.45, 7) is 0. The molecule has 4 nitrogen and oxygen atoms in total. The van der Waals surface area contributed by atoms with Crippen LogP contribution in [0.3, 0.4) is 0 Å². The van der Waals surface area contributed by atoms with E-state index in [0.717, 1.165) is 5.56 Å². The molecule has 0 fully saturated rings. The van der Waals surface area contributed by atoms with Crippen molar-refractivity contribution in [2.45, 2.75) is 6.42 Å². The summed E-state index contributed by atoms with van der Waals surface area (Å²) in [6, 6.07) is 3.61. The molecule has 0 spiro atoms. The van der Waals surface area contributed by atoms with E-state index in [9.17, 15) is 4.79 Å². The number of aromatic nitrogens is 2. The van der Waals surface area contributed by atoms with E-state index in [1.165, 1.54) is 11.3 Å². The Labute approximate surface area is 101 Å². The Morgan fingerprint density at radius 3 is 2.75 bits per heavy atom. The minimum Gasteiger partial charge on any atom is -0.481 e. The molecule has 0 bridgehead atoms. The highest BCUT2D eigenvalue weighted by Gasteiger charge is 2.13. The van der Waals surface area contributed by atoms with Gasteiger partial charge in [0.25, 0.3) is 0 Å². The van der Waals surface area contributed by atoms with E-state index < -0.39 is 5.97 Å². The van der Waals surface area contributed by atoms with Gasteiger partial charge in [0.15, 0.2) is 0 Å². The summed E-state index contributed by atoms with van der Waals surface area (Å²) < 4.78 is 0. The molecule has 0 aliphatic carbocycles. The molecule has 0 amide bonds. The molecule has 2 aromatic heterocycles. The Balaban J connectivity index is 2.34. The lowest BCUT2D eigenvalue weighted by molar-refractivity contribution is -0.136. The van der Waals surface area contributed by atoms with Crippen molar-refractivity contribution in [2.75, 3.05) is 0 Å². The molecular formula is C10H7ClN2O2S. The molecule has 0 aliphatic heterocycles. The van der Waals surface area contributed by atoms with Gasteiger partial charge in [0.1, 0.15) is 10.2 Å². The predicted molar refractivity (Wildman–Crippen MR) is 61.7 cm³/mol. The second-order valence-electron chi connectivity index (χ2n) is 3.04. The van der Waals surface area contributed by atoms with Gasteiger partial charge in [0, 0.05) is 18.0 Å². The van der Waals surface area contributed by atoms with Crippen molar-refractivity contribution in [3.63, 3.8) is 0 Å². The Morgan fingerprint density at radius 1 is 1.44 bits per heavy atom. The maximum absolute atomic E-state index is 10.6. The molecule has 0 unspecified atom stereocenters. The molecule has 82 valence electrons. The van der Waals surface area contributed by atoms with Gasteiger partial charge in [0.2, 0.25) is 0 Å². The van der Waals surface area contributed by atoms with Crippen molar-refractivity contribution in [3.8, 4) is 10.6 Å².